The van der Waals surface area contributed by atoms with E-state index in [9.17, 15) is 4.79 Å². The van der Waals surface area contributed by atoms with Crippen LogP contribution in [0.25, 0.3) is 0 Å². The summed E-state index contributed by atoms with van der Waals surface area (Å²) in [6.45, 7) is 7.69. The van der Waals surface area contributed by atoms with Crippen LogP contribution in [0.4, 0.5) is 5.69 Å². The van der Waals surface area contributed by atoms with Gasteiger partial charge in [-0.2, -0.15) is 0 Å². The van der Waals surface area contributed by atoms with Gasteiger partial charge < -0.3 is 15.2 Å². The van der Waals surface area contributed by atoms with Crippen molar-refractivity contribution in [3.63, 3.8) is 0 Å². The first-order chi connectivity index (χ1) is 8.27. The number of rotatable bonds is 4. The summed E-state index contributed by atoms with van der Waals surface area (Å²) in [5.74, 6) is 0.336. The standard InChI is InChI=1S/C14H21NO3/c1-9-6-10(2)12(11(15)7-9)18-8-14(3,4)13(16)17-5/h6-7H,8,15H2,1-5H3. The van der Waals surface area contributed by atoms with Gasteiger partial charge in [-0.05, 0) is 44.9 Å². The lowest BCUT2D eigenvalue weighted by Gasteiger charge is -2.23. The van der Waals surface area contributed by atoms with Crippen LogP contribution in [-0.2, 0) is 9.53 Å². The first-order valence-electron chi connectivity index (χ1n) is 5.86. The number of methoxy groups -OCH3 is 1. The lowest BCUT2D eigenvalue weighted by Crippen LogP contribution is -2.32. The Morgan fingerprint density at radius 1 is 1.33 bits per heavy atom. The monoisotopic (exact) mass is 251 g/mol. The van der Waals surface area contributed by atoms with Crippen molar-refractivity contribution in [2.75, 3.05) is 19.5 Å². The maximum atomic E-state index is 11.5. The number of anilines is 1. The summed E-state index contributed by atoms with van der Waals surface area (Å²) in [7, 11) is 1.37. The van der Waals surface area contributed by atoms with Gasteiger partial charge in [-0.1, -0.05) is 6.07 Å². The zero-order valence-corrected chi connectivity index (χ0v) is 11.7. The molecule has 0 heterocycles. The summed E-state index contributed by atoms with van der Waals surface area (Å²) in [6, 6.07) is 3.85. The number of aryl methyl sites for hydroxylation is 2. The molecule has 0 radical (unpaired) electrons. The molecule has 0 spiro atoms. The van der Waals surface area contributed by atoms with Gasteiger partial charge in [-0.3, -0.25) is 4.79 Å². The summed E-state index contributed by atoms with van der Waals surface area (Å²) >= 11 is 0. The number of esters is 1. The summed E-state index contributed by atoms with van der Waals surface area (Å²) in [5.41, 5.74) is 7.87. The molecule has 0 fully saturated rings. The number of nitrogen functional groups attached to an aromatic ring is 1. The number of hydrogen-bond acceptors (Lipinski definition) is 4. The molecular formula is C14H21NO3. The van der Waals surface area contributed by atoms with E-state index in [2.05, 4.69) is 0 Å². The Morgan fingerprint density at radius 2 is 1.94 bits per heavy atom. The maximum Gasteiger partial charge on any atom is 0.314 e. The average molecular weight is 251 g/mol. The molecule has 0 aliphatic rings. The number of ether oxygens (including phenoxy) is 2. The maximum absolute atomic E-state index is 11.5. The molecule has 0 unspecified atom stereocenters. The zero-order valence-electron chi connectivity index (χ0n) is 11.7. The number of carbonyl (C=O) groups is 1. The molecular weight excluding hydrogens is 230 g/mol. The number of carbonyl (C=O) groups excluding carboxylic acids is 1. The van der Waals surface area contributed by atoms with E-state index in [1.165, 1.54) is 7.11 Å². The van der Waals surface area contributed by atoms with Gasteiger partial charge in [0.05, 0.1) is 18.2 Å². The smallest absolute Gasteiger partial charge is 0.314 e. The predicted molar refractivity (Wildman–Crippen MR) is 71.6 cm³/mol. The molecule has 0 bridgehead atoms. The summed E-state index contributed by atoms with van der Waals surface area (Å²) in [4.78, 5) is 11.5. The third-order valence-corrected chi connectivity index (χ3v) is 2.76. The van der Waals surface area contributed by atoms with Crippen molar-refractivity contribution < 1.29 is 14.3 Å². The molecule has 1 aromatic carbocycles. The molecule has 4 heteroatoms. The lowest BCUT2D eigenvalue weighted by atomic mass is 9.95. The van der Waals surface area contributed by atoms with Crippen LogP contribution in [0.2, 0.25) is 0 Å². The fourth-order valence-corrected chi connectivity index (χ4v) is 1.77. The van der Waals surface area contributed by atoms with E-state index in [1.807, 2.05) is 26.0 Å². The molecule has 100 valence electrons. The molecule has 18 heavy (non-hydrogen) atoms. The van der Waals surface area contributed by atoms with Gasteiger partial charge in [0.1, 0.15) is 12.4 Å². The largest absolute Gasteiger partial charge is 0.490 e. The molecule has 0 saturated carbocycles. The highest BCUT2D eigenvalue weighted by molar-refractivity contribution is 5.76. The SMILES string of the molecule is COC(=O)C(C)(C)COc1c(C)cc(C)cc1N. The van der Waals surface area contributed by atoms with E-state index < -0.39 is 5.41 Å². The summed E-state index contributed by atoms with van der Waals surface area (Å²) < 4.78 is 10.4. The van der Waals surface area contributed by atoms with Gasteiger partial charge in [0, 0.05) is 0 Å². The Kier molecular flexibility index (Phi) is 4.22. The van der Waals surface area contributed by atoms with Gasteiger partial charge in [0.2, 0.25) is 0 Å². The minimum Gasteiger partial charge on any atom is -0.490 e. The van der Waals surface area contributed by atoms with Gasteiger partial charge in [0.15, 0.2) is 0 Å². The zero-order chi connectivity index (χ0) is 13.9. The van der Waals surface area contributed by atoms with Crippen molar-refractivity contribution in [2.45, 2.75) is 27.7 Å². The fourth-order valence-electron chi connectivity index (χ4n) is 1.77. The molecule has 4 nitrogen and oxygen atoms in total. The van der Waals surface area contributed by atoms with Crippen LogP contribution in [0.3, 0.4) is 0 Å². The second kappa shape index (κ2) is 5.29. The highest BCUT2D eigenvalue weighted by atomic mass is 16.5. The van der Waals surface area contributed by atoms with E-state index >= 15 is 0 Å². The van der Waals surface area contributed by atoms with Gasteiger partial charge in [-0.15, -0.1) is 0 Å². The van der Waals surface area contributed by atoms with Crippen LogP contribution < -0.4 is 10.5 Å². The molecule has 1 rings (SSSR count). The van der Waals surface area contributed by atoms with E-state index in [-0.39, 0.29) is 12.6 Å². The number of nitrogens with two attached hydrogens (primary N) is 1. The first kappa shape index (κ1) is 14.4. The van der Waals surface area contributed by atoms with E-state index in [4.69, 9.17) is 15.2 Å². The van der Waals surface area contributed by atoms with Crippen molar-refractivity contribution >= 4 is 11.7 Å². The van der Waals surface area contributed by atoms with Crippen molar-refractivity contribution in [1.82, 2.24) is 0 Å². The molecule has 0 aliphatic heterocycles. The molecule has 0 amide bonds. The second-order valence-corrected chi connectivity index (χ2v) is 5.16. The third kappa shape index (κ3) is 3.15. The van der Waals surface area contributed by atoms with Gasteiger partial charge >= 0.3 is 5.97 Å². The van der Waals surface area contributed by atoms with Crippen molar-refractivity contribution in [1.29, 1.82) is 0 Å². The van der Waals surface area contributed by atoms with Crippen molar-refractivity contribution in [2.24, 2.45) is 5.41 Å². The highest BCUT2D eigenvalue weighted by Crippen LogP contribution is 2.29. The second-order valence-electron chi connectivity index (χ2n) is 5.16. The van der Waals surface area contributed by atoms with Gasteiger partial charge in [0.25, 0.3) is 0 Å². The van der Waals surface area contributed by atoms with Crippen LogP contribution in [0.15, 0.2) is 12.1 Å². The molecule has 0 atom stereocenters. The van der Waals surface area contributed by atoms with Crippen LogP contribution in [0, 0.1) is 19.3 Å². The third-order valence-electron chi connectivity index (χ3n) is 2.76. The molecule has 0 aromatic heterocycles. The summed E-state index contributed by atoms with van der Waals surface area (Å²) in [5, 5.41) is 0. The van der Waals surface area contributed by atoms with Crippen LogP contribution >= 0.6 is 0 Å². The quantitative estimate of drug-likeness (QED) is 0.659. The van der Waals surface area contributed by atoms with E-state index in [0.717, 1.165) is 11.1 Å². The van der Waals surface area contributed by atoms with Crippen molar-refractivity contribution in [3.05, 3.63) is 23.3 Å². The summed E-state index contributed by atoms with van der Waals surface area (Å²) in [6.07, 6.45) is 0. The molecule has 0 aliphatic carbocycles. The average Bonchev–Trinajstić information content (AvgIpc) is 2.26. The van der Waals surface area contributed by atoms with E-state index in [0.29, 0.717) is 11.4 Å². The molecule has 0 saturated heterocycles. The number of hydrogen-bond donors (Lipinski definition) is 1. The van der Waals surface area contributed by atoms with Crippen molar-refractivity contribution in [3.8, 4) is 5.75 Å². The van der Waals surface area contributed by atoms with Crippen LogP contribution in [0.5, 0.6) is 5.75 Å². The lowest BCUT2D eigenvalue weighted by molar-refractivity contribution is -0.152. The number of benzene rings is 1. The topological polar surface area (TPSA) is 61.5 Å². The minimum absolute atomic E-state index is 0.230. The van der Waals surface area contributed by atoms with E-state index in [1.54, 1.807) is 13.8 Å². The molecule has 1 aromatic rings. The Bertz CT molecular complexity index is 429. The van der Waals surface area contributed by atoms with Crippen LogP contribution in [0.1, 0.15) is 25.0 Å². The minimum atomic E-state index is -0.696. The predicted octanol–water partition coefficient (Wildman–Crippen LogP) is 2.46. The van der Waals surface area contributed by atoms with Gasteiger partial charge in [-0.25, -0.2) is 0 Å². The Balaban J connectivity index is 2.84. The first-order valence-corrected chi connectivity index (χ1v) is 5.86. The Labute approximate surface area is 108 Å². The van der Waals surface area contributed by atoms with Crippen LogP contribution in [-0.4, -0.2) is 19.7 Å². The normalized spacial score (nSPS) is 11.2. The highest BCUT2D eigenvalue weighted by Gasteiger charge is 2.30. The molecule has 2 N–H and O–H groups in total. The fraction of sp³-hybridized carbons (Fsp3) is 0.500. The Hall–Kier alpha value is -1.71. The Morgan fingerprint density at radius 3 is 2.44 bits per heavy atom.